The van der Waals surface area contributed by atoms with E-state index >= 15 is 0 Å². The summed E-state index contributed by atoms with van der Waals surface area (Å²) in [4.78, 5) is 24.2. The molecule has 0 aliphatic carbocycles. The summed E-state index contributed by atoms with van der Waals surface area (Å²) in [6.45, 7) is 3.91. The van der Waals surface area contributed by atoms with E-state index in [9.17, 15) is 9.59 Å². The van der Waals surface area contributed by atoms with Crippen LogP contribution in [-0.4, -0.2) is 28.2 Å². The van der Waals surface area contributed by atoms with Crippen molar-refractivity contribution in [2.75, 3.05) is 6.54 Å². The van der Waals surface area contributed by atoms with Crippen LogP contribution < -0.4 is 5.32 Å². The van der Waals surface area contributed by atoms with Crippen LogP contribution in [0.1, 0.15) is 33.6 Å². The van der Waals surface area contributed by atoms with Crippen molar-refractivity contribution in [3.8, 4) is 5.69 Å². The molecule has 0 radical (unpaired) electrons. The monoisotopic (exact) mass is 411 g/mol. The fraction of sp³-hybridized carbons (Fsp3) is 0.227. The molecule has 0 aliphatic heterocycles. The van der Waals surface area contributed by atoms with Crippen LogP contribution in [0.3, 0.4) is 0 Å². The summed E-state index contributed by atoms with van der Waals surface area (Å²) in [5.41, 5.74) is 3.66. The van der Waals surface area contributed by atoms with Gasteiger partial charge in [-0.25, -0.2) is 4.68 Å². The van der Waals surface area contributed by atoms with Gasteiger partial charge in [-0.1, -0.05) is 48.0 Å². The topological polar surface area (TPSA) is 73.2 Å². The molecular formula is C22H22ClN3O3. The Bertz CT molecular complexity index is 1020. The minimum Gasteiger partial charge on any atom is -0.461 e. The lowest BCUT2D eigenvalue weighted by Gasteiger charge is -2.08. The summed E-state index contributed by atoms with van der Waals surface area (Å²) < 4.78 is 6.94. The van der Waals surface area contributed by atoms with E-state index in [0.717, 1.165) is 11.3 Å². The molecule has 0 spiro atoms. The van der Waals surface area contributed by atoms with Gasteiger partial charge in [0.25, 0.3) is 5.91 Å². The van der Waals surface area contributed by atoms with Gasteiger partial charge in [0.2, 0.25) is 0 Å². The highest BCUT2D eigenvalue weighted by Crippen LogP contribution is 2.24. The number of benzene rings is 2. The van der Waals surface area contributed by atoms with Gasteiger partial charge in [0.05, 0.1) is 17.8 Å². The Balaban J connectivity index is 1.52. The number of nitrogens with zero attached hydrogens (tertiary/aromatic N) is 2. The molecule has 1 heterocycles. The van der Waals surface area contributed by atoms with Gasteiger partial charge in [0.15, 0.2) is 0 Å². The van der Waals surface area contributed by atoms with Gasteiger partial charge < -0.3 is 10.1 Å². The predicted molar refractivity (Wildman–Crippen MR) is 111 cm³/mol. The van der Waals surface area contributed by atoms with Crippen LogP contribution in [0.15, 0.2) is 54.6 Å². The number of hydrogen-bond donors (Lipinski definition) is 1. The standard InChI is InChI=1S/C22H22ClN3O3/c1-15-8-6-7-11-18(15)22(28)24-13-12-20(27)29-14-19-16(2)25-26(21(19)23)17-9-4-3-5-10-17/h3-11H,12-14H2,1-2H3,(H,24,28). The zero-order valence-electron chi connectivity index (χ0n) is 16.3. The molecule has 1 aromatic heterocycles. The quantitative estimate of drug-likeness (QED) is 0.596. The second-order valence-electron chi connectivity index (χ2n) is 6.58. The lowest BCUT2D eigenvalue weighted by Crippen LogP contribution is -2.27. The minimum atomic E-state index is -0.419. The SMILES string of the molecule is Cc1ccccc1C(=O)NCCC(=O)OCc1c(C)nn(-c2ccccc2)c1Cl. The Kier molecular flexibility index (Phi) is 6.67. The van der Waals surface area contributed by atoms with Crippen LogP contribution in [-0.2, 0) is 16.1 Å². The number of hydrogen-bond acceptors (Lipinski definition) is 4. The van der Waals surface area contributed by atoms with E-state index in [0.29, 0.717) is 22.0 Å². The number of aryl methyl sites for hydroxylation is 2. The number of aromatic nitrogens is 2. The maximum Gasteiger partial charge on any atom is 0.307 e. The third kappa shape index (κ3) is 5.03. The smallest absolute Gasteiger partial charge is 0.307 e. The van der Waals surface area contributed by atoms with E-state index < -0.39 is 5.97 Å². The normalized spacial score (nSPS) is 10.6. The molecule has 0 atom stereocenters. The van der Waals surface area contributed by atoms with Gasteiger partial charge in [-0.05, 0) is 37.6 Å². The lowest BCUT2D eigenvalue weighted by molar-refractivity contribution is -0.144. The van der Waals surface area contributed by atoms with Crippen LogP contribution in [0.2, 0.25) is 5.15 Å². The van der Waals surface area contributed by atoms with Crippen molar-refractivity contribution in [2.24, 2.45) is 0 Å². The number of ether oxygens (including phenoxy) is 1. The summed E-state index contributed by atoms with van der Waals surface area (Å²) in [7, 11) is 0. The molecular weight excluding hydrogens is 390 g/mol. The van der Waals surface area contributed by atoms with Gasteiger partial charge in [-0.15, -0.1) is 0 Å². The van der Waals surface area contributed by atoms with E-state index in [-0.39, 0.29) is 25.5 Å². The van der Waals surface area contributed by atoms with Gasteiger partial charge in [-0.2, -0.15) is 5.10 Å². The van der Waals surface area contributed by atoms with E-state index in [1.165, 1.54) is 0 Å². The summed E-state index contributed by atoms with van der Waals surface area (Å²) in [6.07, 6.45) is 0.0705. The average Bonchev–Trinajstić information content (AvgIpc) is 3.01. The summed E-state index contributed by atoms with van der Waals surface area (Å²) >= 11 is 6.43. The third-order valence-electron chi connectivity index (χ3n) is 4.50. The highest BCUT2D eigenvalue weighted by Gasteiger charge is 2.16. The number of rotatable bonds is 7. The van der Waals surface area contributed by atoms with E-state index in [4.69, 9.17) is 16.3 Å². The summed E-state index contributed by atoms with van der Waals surface area (Å²) in [5.74, 6) is -0.628. The van der Waals surface area contributed by atoms with Crippen molar-refractivity contribution in [3.63, 3.8) is 0 Å². The molecule has 1 amide bonds. The molecule has 0 fully saturated rings. The number of nitrogens with one attached hydrogen (secondary N) is 1. The average molecular weight is 412 g/mol. The number of para-hydroxylation sites is 1. The highest BCUT2D eigenvalue weighted by atomic mass is 35.5. The van der Waals surface area contributed by atoms with Crippen LogP contribution in [0.4, 0.5) is 0 Å². The molecule has 7 heteroatoms. The van der Waals surface area contributed by atoms with Gasteiger partial charge >= 0.3 is 5.97 Å². The van der Waals surface area contributed by atoms with Gasteiger partial charge in [0, 0.05) is 17.7 Å². The summed E-state index contributed by atoms with van der Waals surface area (Å²) in [5, 5.41) is 7.57. The predicted octanol–water partition coefficient (Wildman–Crippen LogP) is 4.01. The Hall–Kier alpha value is -3.12. The molecule has 0 aliphatic rings. The number of halogens is 1. The molecule has 0 unspecified atom stereocenters. The Morgan fingerprint density at radius 2 is 1.76 bits per heavy atom. The Morgan fingerprint density at radius 1 is 1.07 bits per heavy atom. The Morgan fingerprint density at radius 3 is 2.48 bits per heavy atom. The minimum absolute atomic E-state index is 0.0298. The van der Waals surface area contributed by atoms with Crippen LogP contribution >= 0.6 is 11.6 Å². The fourth-order valence-electron chi connectivity index (χ4n) is 2.86. The van der Waals surface area contributed by atoms with E-state index in [1.54, 1.807) is 16.8 Å². The zero-order chi connectivity index (χ0) is 20.8. The molecule has 3 aromatic rings. The third-order valence-corrected chi connectivity index (χ3v) is 4.89. The molecule has 3 rings (SSSR count). The molecule has 0 saturated carbocycles. The van der Waals surface area contributed by atoms with E-state index in [1.807, 2.05) is 56.3 Å². The maximum atomic E-state index is 12.2. The van der Waals surface area contributed by atoms with Crippen molar-refractivity contribution in [3.05, 3.63) is 82.1 Å². The lowest BCUT2D eigenvalue weighted by atomic mass is 10.1. The zero-order valence-corrected chi connectivity index (χ0v) is 17.1. The molecule has 2 aromatic carbocycles. The van der Waals surface area contributed by atoms with Crippen molar-refractivity contribution < 1.29 is 14.3 Å². The first-order valence-corrected chi connectivity index (χ1v) is 9.64. The van der Waals surface area contributed by atoms with Crippen LogP contribution in [0, 0.1) is 13.8 Å². The second-order valence-corrected chi connectivity index (χ2v) is 6.94. The summed E-state index contributed by atoms with van der Waals surface area (Å²) in [6, 6.07) is 16.8. The largest absolute Gasteiger partial charge is 0.461 e. The first kappa shape index (κ1) is 20.6. The molecule has 150 valence electrons. The van der Waals surface area contributed by atoms with E-state index in [2.05, 4.69) is 10.4 Å². The second kappa shape index (κ2) is 9.39. The number of amides is 1. The number of carbonyl (C=O) groups is 2. The van der Waals surface area contributed by atoms with Crippen molar-refractivity contribution in [2.45, 2.75) is 26.9 Å². The van der Waals surface area contributed by atoms with Crippen molar-refractivity contribution in [1.29, 1.82) is 0 Å². The molecule has 1 N–H and O–H groups in total. The Labute approximate surface area is 174 Å². The fourth-order valence-corrected chi connectivity index (χ4v) is 3.19. The number of carbonyl (C=O) groups excluding carboxylic acids is 2. The van der Waals surface area contributed by atoms with Gasteiger partial charge in [0.1, 0.15) is 11.8 Å². The van der Waals surface area contributed by atoms with Crippen molar-refractivity contribution in [1.82, 2.24) is 15.1 Å². The van der Waals surface area contributed by atoms with Crippen LogP contribution in [0.5, 0.6) is 0 Å². The molecule has 0 saturated heterocycles. The number of esters is 1. The highest BCUT2D eigenvalue weighted by molar-refractivity contribution is 6.30. The maximum absolute atomic E-state index is 12.2. The molecule has 29 heavy (non-hydrogen) atoms. The van der Waals surface area contributed by atoms with Crippen LogP contribution in [0.25, 0.3) is 5.69 Å². The molecule has 0 bridgehead atoms. The first-order chi connectivity index (χ1) is 14.0. The van der Waals surface area contributed by atoms with Crippen molar-refractivity contribution >= 4 is 23.5 Å². The first-order valence-electron chi connectivity index (χ1n) is 9.26. The van der Waals surface area contributed by atoms with Gasteiger partial charge in [-0.3, -0.25) is 9.59 Å². The molecule has 6 nitrogen and oxygen atoms in total.